The summed E-state index contributed by atoms with van der Waals surface area (Å²) in [7, 11) is 3.25. The number of nitrogens with zero attached hydrogens (tertiary/aromatic N) is 1. The van der Waals surface area contributed by atoms with Gasteiger partial charge in [0.25, 0.3) is 0 Å². The van der Waals surface area contributed by atoms with E-state index in [2.05, 4.69) is 17.1 Å². The first-order valence-corrected chi connectivity index (χ1v) is 8.60. The van der Waals surface area contributed by atoms with Crippen LogP contribution in [0.1, 0.15) is 44.2 Å². The van der Waals surface area contributed by atoms with Crippen LogP contribution in [0.2, 0.25) is 0 Å². The minimum atomic E-state index is 0. The SMILES string of the molecule is CCCCC[C@@H](c1c(O)cc(OC)cc1OC)N1CCNCC1.Cl.Cl. The van der Waals surface area contributed by atoms with Crippen LogP contribution in [0.3, 0.4) is 0 Å². The largest absolute Gasteiger partial charge is 0.507 e. The van der Waals surface area contributed by atoms with E-state index in [-0.39, 0.29) is 36.6 Å². The number of ether oxygens (including phenoxy) is 2. The number of benzene rings is 1. The van der Waals surface area contributed by atoms with Crippen molar-refractivity contribution in [3.05, 3.63) is 17.7 Å². The van der Waals surface area contributed by atoms with E-state index in [4.69, 9.17) is 9.47 Å². The second-order valence-corrected chi connectivity index (χ2v) is 6.06. The molecule has 0 aliphatic carbocycles. The number of unbranched alkanes of at least 4 members (excludes halogenated alkanes) is 2. The summed E-state index contributed by atoms with van der Waals surface area (Å²) in [4.78, 5) is 2.45. The summed E-state index contributed by atoms with van der Waals surface area (Å²) in [6, 6.07) is 3.74. The Morgan fingerprint density at radius 3 is 2.36 bits per heavy atom. The van der Waals surface area contributed by atoms with Gasteiger partial charge in [0.2, 0.25) is 0 Å². The van der Waals surface area contributed by atoms with Crippen molar-refractivity contribution in [2.75, 3.05) is 40.4 Å². The second-order valence-electron chi connectivity index (χ2n) is 6.06. The number of phenolic OH excluding ortho intramolecular Hbond substituents is 1. The van der Waals surface area contributed by atoms with Crippen LogP contribution < -0.4 is 14.8 Å². The number of aromatic hydroxyl groups is 1. The highest BCUT2D eigenvalue weighted by Crippen LogP contribution is 2.42. The minimum Gasteiger partial charge on any atom is -0.507 e. The molecule has 146 valence electrons. The van der Waals surface area contributed by atoms with Gasteiger partial charge < -0.3 is 19.9 Å². The zero-order valence-corrected chi connectivity index (χ0v) is 17.0. The summed E-state index contributed by atoms with van der Waals surface area (Å²) in [5, 5.41) is 14.0. The van der Waals surface area contributed by atoms with Gasteiger partial charge in [-0.25, -0.2) is 0 Å². The lowest BCUT2D eigenvalue weighted by molar-refractivity contribution is 0.157. The van der Waals surface area contributed by atoms with Crippen molar-refractivity contribution in [2.45, 2.75) is 38.6 Å². The standard InChI is InChI=1S/C18H30N2O3.2ClH/c1-4-5-6-7-15(20-10-8-19-9-11-20)18-16(21)12-14(22-2)13-17(18)23-3;;/h12-13,15,19,21H,4-11H2,1-3H3;2*1H/t15-;;/m0../s1. The molecule has 7 heteroatoms. The molecule has 0 bridgehead atoms. The average molecular weight is 395 g/mol. The topological polar surface area (TPSA) is 54.0 Å². The van der Waals surface area contributed by atoms with E-state index in [1.807, 2.05) is 6.07 Å². The molecule has 1 aliphatic rings. The van der Waals surface area contributed by atoms with E-state index < -0.39 is 0 Å². The van der Waals surface area contributed by atoms with Crippen LogP contribution in [-0.2, 0) is 0 Å². The molecule has 1 aromatic rings. The fraction of sp³-hybridized carbons (Fsp3) is 0.667. The fourth-order valence-corrected chi connectivity index (χ4v) is 3.30. The summed E-state index contributed by atoms with van der Waals surface area (Å²) in [6.07, 6.45) is 4.59. The first-order valence-electron chi connectivity index (χ1n) is 8.60. The van der Waals surface area contributed by atoms with Crippen molar-refractivity contribution in [3.8, 4) is 17.2 Å². The van der Waals surface area contributed by atoms with Crippen molar-refractivity contribution >= 4 is 24.8 Å². The van der Waals surface area contributed by atoms with Crippen LogP contribution in [0, 0.1) is 0 Å². The first kappa shape index (κ1) is 24.1. The molecule has 1 heterocycles. The summed E-state index contributed by atoms with van der Waals surface area (Å²) >= 11 is 0. The van der Waals surface area contributed by atoms with Gasteiger partial charge in [0.1, 0.15) is 17.2 Å². The highest BCUT2D eigenvalue weighted by Gasteiger charge is 2.27. The molecule has 1 aliphatic heterocycles. The van der Waals surface area contributed by atoms with Crippen molar-refractivity contribution < 1.29 is 14.6 Å². The van der Waals surface area contributed by atoms with Gasteiger partial charge in [0, 0.05) is 44.4 Å². The number of rotatable bonds is 8. The van der Waals surface area contributed by atoms with E-state index in [0.717, 1.165) is 44.6 Å². The molecule has 25 heavy (non-hydrogen) atoms. The molecule has 0 amide bonds. The number of nitrogens with one attached hydrogen (secondary N) is 1. The number of halogens is 2. The second kappa shape index (κ2) is 12.5. The fourth-order valence-electron chi connectivity index (χ4n) is 3.30. The molecule has 0 unspecified atom stereocenters. The summed E-state index contributed by atoms with van der Waals surface area (Å²) in [5.74, 6) is 1.60. The third-order valence-corrected chi connectivity index (χ3v) is 4.56. The molecule has 0 radical (unpaired) electrons. The van der Waals surface area contributed by atoms with Crippen molar-refractivity contribution in [3.63, 3.8) is 0 Å². The lowest BCUT2D eigenvalue weighted by atomic mass is 9.96. The van der Waals surface area contributed by atoms with Gasteiger partial charge in [0.15, 0.2) is 0 Å². The number of hydrogen-bond acceptors (Lipinski definition) is 5. The minimum absolute atomic E-state index is 0. The van der Waals surface area contributed by atoms with Crippen LogP contribution in [-0.4, -0.2) is 50.4 Å². The predicted octanol–water partition coefficient (Wildman–Crippen LogP) is 3.78. The van der Waals surface area contributed by atoms with Gasteiger partial charge in [-0.15, -0.1) is 24.8 Å². The Morgan fingerprint density at radius 2 is 1.80 bits per heavy atom. The Kier molecular flexibility index (Phi) is 12.0. The van der Waals surface area contributed by atoms with Gasteiger partial charge >= 0.3 is 0 Å². The molecule has 1 fully saturated rings. The summed E-state index contributed by atoms with van der Waals surface area (Å²) in [6.45, 7) is 6.18. The Hall–Kier alpha value is -0.880. The third-order valence-electron chi connectivity index (χ3n) is 4.56. The van der Waals surface area contributed by atoms with Crippen molar-refractivity contribution in [2.24, 2.45) is 0 Å². The summed E-state index contributed by atoms with van der Waals surface area (Å²) < 4.78 is 10.8. The Balaban J connectivity index is 0.00000288. The molecular weight excluding hydrogens is 363 g/mol. The lowest BCUT2D eigenvalue weighted by Gasteiger charge is -2.36. The maximum absolute atomic E-state index is 10.6. The average Bonchev–Trinajstić information content (AvgIpc) is 2.59. The molecule has 0 saturated carbocycles. The zero-order valence-electron chi connectivity index (χ0n) is 15.4. The number of hydrogen-bond donors (Lipinski definition) is 2. The van der Waals surface area contributed by atoms with Crippen LogP contribution in [0.25, 0.3) is 0 Å². The highest BCUT2D eigenvalue weighted by molar-refractivity contribution is 5.85. The molecule has 1 atom stereocenters. The smallest absolute Gasteiger partial charge is 0.131 e. The molecule has 1 aromatic carbocycles. The number of phenols is 1. The van der Waals surface area contributed by atoms with Crippen molar-refractivity contribution in [1.82, 2.24) is 10.2 Å². The van der Waals surface area contributed by atoms with E-state index in [0.29, 0.717) is 11.5 Å². The Bertz CT molecular complexity index is 497. The van der Waals surface area contributed by atoms with Gasteiger partial charge in [-0.05, 0) is 6.42 Å². The Labute approximate surface area is 163 Å². The zero-order chi connectivity index (χ0) is 16.7. The highest BCUT2D eigenvalue weighted by atomic mass is 35.5. The normalized spacial score (nSPS) is 15.6. The quantitative estimate of drug-likeness (QED) is 0.657. The molecule has 0 spiro atoms. The van der Waals surface area contributed by atoms with Gasteiger partial charge in [-0.1, -0.05) is 26.2 Å². The van der Waals surface area contributed by atoms with E-state index in [1.54, 1.807) is 20.3 Å². The number of methoxy groups -OCH3 is 2. The Morgan fingerprint density at radius 1 is 1.12 bits per heavy atom. The van der Waals surface area contributed by atoms with Crippen LogP contribution in [0.15, 0.2) is 12.1 Å². The van der Waals surface area contributed by atoms with E-state index in [1.165, 1.54) is 12.8 Å². The monoisotopic (exact) mass is 394 g/mol. The van der Waals surface area contributed by atoms with Gasteiger partial charge in [0.05, 0.1) is 19.8 Å². The number of piperazine rings is 1. The first-order chi connectivity index (χ1) is 11.2. The van der Waals surface area contributed by atoms with Crippen LogP contribution in [0.5, 0.6) is 17.2 Å². The predicted molar refractivity (Wildman–Crippen MR) is 107 cm³/mol. The molecule has 1 saturated heterocycles. The van der Waals surface area contributed by atoms with Gasteiger partial charge in [-0.2, -0.15) is 0 Å². The van der Waals surface area contributed by atoms with Crippen molar-refractivity contribution in [1.29, 1.82) is 0 Å². The molecule has 2 N–H and O–H groups in total. The van der Waals surface area contributed by atoms with E-state index in [9.17, 15) is 5.11 Å². The lowest BCUT2D eigenvalue weighted by Crippen LogP contribution is -2.45. The molecular formula is C18H32Cl2N2O3. The molecule has 5 nitrogen and oxygen atoms in total. The molecule has 2 rings (SSSR count). The van der Waals surface area contributed by atoms with Gasteiger partial charge in [-0.3, -0.25) is 4.90 Å². The summed E-state index contributed by atoms with van der Waals surface area (Å²) in [5.41, 5.74) is 0.895. The van der Waals surface area contributed by atoms with Crippen LogP contribution in [0.4, 0.5) is 0 Å². The maximum atomic E-state index is 10.6. The third kappa shape index (κ3) is 6.41. The molecule has 0 aromatic heterocycles. The maximum Gasteiger partial charge on any atom is 0.131 e. The van der Waals surface area contributed by atoms with Crippen LogP contribution >= 0.6 is 24.8 Å². The van der Waals surface area contributed by atoms with E-state index >= 15 is 0 Å².